The third-order valence-corrected chi connectivity index (χ3v) is 8.38. The number of ether oxygens (including phenoxy) is 1. The number of carbonyl (C=O) groups is 2. The van der Waals surface area contributed by atoms with Crippen LogP contribution in [0.25, 0.3) is 0 Å². The summed E-state index contributed by atoms with van der Waals surface area (Å²) in [7, 11) is -3.76. The van der Waals surface area contributed by atoms with Crippen molar-refractivity contribution in [1.82, 2.24) is 4.90 Å². The van der Waals surface area contributed by atoms with E-state index in [4.69, 9.17) is 4.74 Å². The van der Waals surface area contributed by atoms with Crippen molar-refractivity contribution in [3.8, 4) is 0 Å². The molecule has 0 fully saturated rings. The third-order valence-electron chi connectivity index (χ3n) is 6.56. The van der Waals surface area contributed by atoms with Crippen LogP contribution in [0.15, 0.2) is 77.7 Å². The lowest BCUT2D eigenvalue weighted by atomic mass is 10.00. The minimum atomic E-state index is -3.76. The van der Waals surface area contributed by atoms with Gasteiger partial charge in [-0.15, -0.1) is 0 Å². The predicted octanol–water partition coefficient (Wildman–Crippen LogP) is 3.57. The van der Waals surface area contributed by atoms with Gasteiger partial charge in [-0.05, 0) is 66.3 Å². The van der Waals surface area contributed by atoms with Gasteiger partial charge in [-0.2, -0.15) is 0 Å². The highest BCUT2D eigenvalue weighted by Crippen LogP contribution is 2.31. The van der Waals surface area contributed by atoms with E-state index in [9.17, 15) is 18.0 Å². The number of sulfonamides is 1. The Hall–Kier alpha value is -3.65. The smallest absolute Gasteiger partial charge is 0.338 e. The molecule has 0 aliphatic carbocycles. The van der Waals surface area contributed by atoms with Crippen LogP contribution in [-0.2, 0) is 38.9 Å². The van der Waals surface area contributed by atoms with Gasteiger partial charge in [0, 0.05) is 19.6 Å². The van der Waals surface area contributed by atoms with Gasteiger partial charge in [-0.3, -0.25) is 9.10 Å². The number of amides is 1. The first-order valence-corrected chi connectivity index (χ1v) is 13.1. The molecule has 0 saturated heterocycles. The SMILES string of the molecule is O=C(OCC(=O)N1CCc2ccccc2C1)c1ccc(S(=O)(=O)N2CCCc3ccccc32)cc1. The number of fused-ring (bicyclic) bond motifs is 2. The van der Waals surface area contributed by atoms with E-state index in [1.807, 2.05) is 42.5 Å². The van der Waals surface area contributed by atoms with Crippen molar-refractivity contribution in [1.29, 1.82) is 0 Å². The van der Waals surface area contributed by atoms with Crippen molar-refractivity contribution in [2.75, 3.05) is 24.0 Å². The summed E-state index contributed by atoms with van der Waals surface area (Å²) < 4.78 is 33.2. The number of esters is 1. The molecule has 0 spiro atoms. The summed E-state index contributed by atoms with van der Waals surface area (Å²) in [6.07, 6.45) is 2.36. The second-order valence-electron chi connectivity index (χ2n) is 8.74. The second kappa shape index (κ2) is 9.54. The van der Waals surface area contributed by atoms with Gasteiger partial charge in [0.05, 0.1) is 16.1 Å². The van der Waals surface area contributed by atoms with Crippen molar-refractivity contribution in [2.24, 2.45) is 0 Å². The van der Waals surface area contributed by atoms with E-state index < -0.39 is 16.0 Å². The molecule has 2 heterocycles. The van der Waals surface area contributed by atoms with Gasteiger partial charge in [0.25, 0.3) is 15.9 Å². The van der Waals surface area contributed by atoms with Crippen LogP contribution in [0.1, 0.15) is 33.5 Å². The van der Waals surface area contributed by atoms with Crippen LogP contribution >= 0.6 is 0 Å². The standard InChI is InChI=1S/C27H26N2O5S/c30-26(28-17-15-20-6-1-2-8-23(20)18-28)19-34-27(31)22-11-13-24(14-12-22)35(32,33)29-16-5-9-21-7-3-4-10-25(21)29/h1-4,6-8,10-14H,5,9,15-19H2. The lowest BCUT2D eigenvalue weighted by Crippen LogP contribution is -2.38. The van der Waals surface area contributed by atoms with Gasteiger partial charge < -0.3 is 9.64 Å². The zero-order chi connectivity index (χ0) is 24.4. The molecule has 0 saturated carbocycles. The van der Waals surface area contributed by atoms with Crippen molar-refractivity contribution in [3.63, 3.8) is 0 Å². The highest BCUT2D eigenvalue weighted by molar-refractivity contribution is 7.92. The zero-order valence-corrected chi connectivity index (χ0v) is 20.0. The molecule has 35 heavy (non-hydrogen) atoms. The van der Waals surface area contributed by atoms with Gasteiger partial charge in [-0.25, -0.2) is 13.2 Å². The molecule has 0 unspecified atom stereocenters. The lowest BCUT2D eigenvalue weighted by molar-refractivity contribution is -0.135. The largest absolute Gasteiger partial charge is 0.452 e. The van der Waals surface area contributed by atoms with Gasteiger partial charge in [-0.1, -0.05) is 42.5 Å². The number of aryl methyl sites for hydroxylation is 1. The van der Waals surface area contributed by atoms with Gasteiger partial charge >= 0.3 is 5.97 Å². The minimum Gasteiger partial charge on any atom is -0.452 e. The van der Waals surface area contributed by atoms with Crippen molar-refractivity contribution in [3.05, 3.63) is 95.1 Å². The molecule has 3 aromatic carbocycles. The summed E-state index contributed by atoms with van der Waals surface area (Å²) in [5, 5.41) is 0. The topological polar surface area (TPSA) is 84.0 Å². The normalized spacial score (nSPS) is 15.2. The fourth-order valence-corrected chi connectivity index (χ4v) is 6.19. The molecule has 8 heteroatoms. The number of rotatable bonds is 5. The van der Waals surface area contributed by atoms with E-state index in [1.165, 1.54) is 34.1 Å². The van der Waals surface area contributed by atoms with Gasteiger partial charge in [0.15, 0.2) is 6.61 Å². The Bertz CT molecular complexity index is 1370. The Morgan fingerprint density at radius 2 is 1.49 bits per heavy atom. The molecule has 0 aromatic heterocycles. The predicted molar refractivity (Wildman–Crippen MR) is 132 cm³/mol. The van der Waals surface area contributed by atoms with Crippen LogP contribution in [0.4, 0.5) is 5.69 Å². The van der Waals surface area contributed by atoms with Crippen molar-refractivity contribution >= 4 is 27.6 Å². The Morgan fingerprint density at radius 1 is 0.800 bits per heavy atom. The number of para-hydroxylation sites is 1. The first-order chi connectivity index (χ1) is 16.9. The molecule has 0 bridgehead atoms. The zero-order valence-electron chi connectivity index (χ0n) is 19.2. The number of carbonyl (C=O) groups excluding carboxylic acids is 2. The molecule has 7 nitrogen and oxygen atoms in total. The van der Waals surface area contributed by atoms with Crippen LogP contribution in [0, 0.1) is 0 Å². The van der Waals surface area contributed by atoms with Crippen LogP contribution in [0.5, 0.6) is 0 Å². The Kier molecular flexibility index (Phi) is 6.30. The Labute approximate surface area is 205 Å². The number of hydrogen-bond acceptors (Lipinski definition) is 5. The molecule has 1 amide bonds. The highest BCUT2D eigenvalue weighted by Gasteiger charge is 2.29. The summed E-state index contributed by atoms with van der Waals surface area (Å²) in [6.45, 7) is 1.14. The second-order valence-corrected chi connectivity index (χ2v) is 10.6. The van der Waals surface area contributed by atoms with Crippen molar-refractivity contribution in [2.45, 2.75) is 30.7 Å². The highest BCUT2D eigenvalue weighted by atomic mass is 32.2. The van der Waals surface area contributed by atoms with Crippen molar-refractivity contribution < 1.29 is 22.7 Å². The molecule has 5 rings (SSSR count). The molecule has 2 aliphatic heterocycles. The maximum Gasteiger partial charge on any atom is 0.338 e. The van der Waals surface area contributed by atoms with E-state index in [0.29, 0.717) is 25.3 Å². The van der Waals surface area contributed by atoms with Crippen LogP contribution in [-0.4, -0.2) is 44.9 Å². The van der Waals surface area contributed by atoms with Gasteiger partial charge in [0.1, 0.15) is 0 Å². The first kappa shape index (κ1) is 23.1. The van der Waals surface area contributed by atoms with Crippen LogP contribution in [0.3, 0.4) is 0 Å². The summed E-state index contributed by atoms with van der Waals surface area (Å²) in [6, 6.07) is 21.2. The quantitative estimate of drug-likeness (QED) is 0.511. The third kappa shape index (κ3) is 4.66. The van der Waals surface area contributed by atoms with E-state index in [-0.39, 0.29) is 23.0 Å². The number of hydrogen-bond donors (Lipinski definition) is 0. The molecule has 180 valence electrons. The fraction of sp³-hybridized carbons (Fsp3) is 0.259. The fourth-order valence-electron chi connectivity index (χ4n) is 4.65. The van der Waals surface area contributed by atoms with E-state index in [0.717, 1.165) is 30.4 Å². The lowest BCUT2D eigenvalue weighted by Gasteiger charge is -2.30. The Morgan fingerprint density at radius 3 is 2.26 bits per heavy atom. The van der Waals surface area contributed by atoms with Crippen LogP contribution < -0.4 is 4.31 Å². The molecule has 0 radical (unpaired) electrons. The van der Waals surface area contributed by atoms with Gasteiger partial charge in [0.2, 0.25) is 0 Å². The maximum atomic E-state index is 13.3. The minimum absolute atomic E-state index is 0.105. The summed E-state index contributed by atoms with van der Waals surface area (Å²) in [4.78, 5) is 26.9. The number of benzene rings is 3. The molecule has 0 N–H and O–H groups in total. The molecular weight excluding hydrogens is 464 g/mol. The monoisotopic (exact) mass is 490 g/mol. The summed E-state index contributed by atoms with van der Waals surface area (Å²) >= 11 is 0. The maximum absolute atomic E-state index is 13.3. The van der Waals surface area contributed by atoms with E-state index in [1.54, 1.807) is 4.90 Å². The Balaban J connectivity index is 1.22. The number of nitrogens with zero attached hydrogens (tertiary/aromatic N) is 2. The first-order valence-electron chi connectivity index (χ1n) is 11.7. The summed E-state index contributed by atoms with van der Waals surface area (Å²) in [5.74, 6) is -0.918. The number of anilines is 1. The molecule has 3 aromatic rings. The van der Waals surface area contributed by atoms with Crippen LogP contribution in [0.2, 0.25) is 0 Å². The van der Waals surface area contributed by atoms with E-state index in [2.05, 4.69) is 6.07 Å². The molecular formula is C27H26N2O5S. The molecule has 0 atom stereocenters. The average Bonchev–Trinajstić information content (AvgIpc) is 2.91. The average molecular weight is 491 g/mol. The van der Waals surface area contributed by atoms with E-state index >= 15 is 0 Å². The summed E-state index contributed by atoms with van der Waals surface area (Å²) in [5.41, 5.74) is 4.23. The molecule has 2 aliphatic rings.